The van der Waals surface area contributed by atoms with Crippen molar-refractivity contribution in [1.29, 1.82) is 0 Å². The summed E-state index contributed by atoms with van der Waals surface area (Å²) in [7, 11) is 1.31. The number of aromatic nitrogens is 2. The van der Waals surface area contributed by atoms with Gasteiger partial charge >= 0.3 is 5.97 Å². The Kier molecular flexibility index (Phi) is 5.41. The number of nitrogens with zero attached hydrogens (tertiary/aromatic N) is 3. The van der Waals surface area contributed by atoms with E-state index in [1.807, 2.05) is 0 Å². The summed E-state index contributed by atoms with van der Waals surface area (Å²) in [5.74, 6) is -0.608. The molecule has 1 aromatic heterocycles. The minimum absolute atomic E-state index is 0.188. The van der Waals surface area contributed by atoms with Gasteiger partial charge in [-0.05, 0) is 18.2 Å². The number of esters is 1. The maximum Gasteiger partial charge on any atom is 0.337 e. The molecule has 2 aromatic rings. The zero-order valence-electron chi connectivity index (χ0n) is 16.1. The third-order valence-electron chi connectivity index (χ3n) is 5.08. The summed E-state index contributed by atoms with van der Waals surface area (Å²) in [6.07, 6.45) is 4.58. The zero-order chi connectivity index (χ0) is 20.3. The molecule has 4 rings (SSSR count). The third kappa shape index (κ3) is 4.20. The highest BCUT2D eigenvalue weighted by molar-refractivity contribution is 6.03. The third-order valence-corrected chi connectivity index (χ3v) is 5.08. The number of ether oxygens (including phenoxy) is 3. The first-order valence-corrected chi connectivity index (χ1v) is 9.43. The summed E-state index contributed by atoms with van der Waals surface area (Å²) in [6.45, 7) is 2.79. The fourth-order valence-electron chi connectivity index (χ4n) is 3.50. The molecule has 0 aliphatic carbocycles. The van der Waals surface area contributed by atoms with Crippen LogP contribution in [-0.4, -0.2) is 61.0 Å². The van der Waals surface area contributed by atoms with Gasteiger partial charge in [0, 0.05) is 31.6 Å². The van der Waals surface area contributed by atoms with Crippen LogP contribution in [0.4, 0.5) is 11.5 Å². The highest BCUT2D eigenvalue weighted by Crippen LogP contribution is 2.32. The largest absolute Gasteiger partial charge is 0.465 e. The van der Waals surface area contributed by atoms with Crippen LogP contribution in [0.25, 0.3) is 0 Å². The first kappa shape index (κ1) is 19.3. The van der Waals surface area contributed by atoms with Gasteiger partial charge in [0.1, 0.15) is 11.5 Å². The van der Waals surface area contributed by atoms with Crippen molar-refractivity contribution in [3.8, 4) is 0 Å². The van der Waals surface area contributed by atoms with Gasteiger partial charge in [0.2, 0.25) is 0 Å². The lowest BCUT2D eigenvalue weighted by atomic mass is 10.0. The summed E-state index contributed by atoms with van der Waals surface area (Å²) in [5, 5.41) is 2.71. The van der Waals surface area contributed by atoms with Gasteiger partial charge in [-0.2, -0.15) is 0 Å². The van der Waals surface area contributed by atoms with Gasteiger partial charge in [-0.25, -0.2) is 14.8 Å². The van der Waals surface area contributed by atoms with Gasteiger partial charge in [0.25, 0.3) is 5.91 Å². The van der Waals surface area contributed by atoms with Gasteiger partial charge in [0.05, 0.1) is 38.3 Å². The van der Waals surface area contributed by atoms with Crippen LogP contribution in [0.1, 0.15) is 33.7 Å². The molecule has 1 aromatic carbocycles. The minimum atomic E-state index is -0.470. The average molecular weight is 398 g/mol. The number of anilines is 2. The molecule has 0 bridgehead atoms. The fraction of sp³-hybridized carbons (Fsp3) is 0.400. The quantitative estimate of drug-likeness (QED) is 0.779. The van der Waals surface area contributed by atoms with E-state index in [1.54, 1.807) is 30.5 Å². The summed E-state index contributed by atoms with van der Waals surface area (Å²) < 4.78 is 16.2. The average Bonchev–Trinajstić information content (AvgIpc) is 3.22. The topological polar surface area (TPSA) is 103 Å². The Bertz CT molecular complexity index is 886. The van der Waals surface area contributed by atoms with E-state index in [4.69, 9.17) is 9.47 Å². The molecule has 2 fully saturated rings. The van der Waals surface area contributed by atoms with Crippen LogP contribution >= 0.6 is 0 Å². The lowest BCUT2D eigenvalue weighted by Crippen LogP contribution is -2.45. The molecule has 0 saturated carbocycles. The van der Waals surface area contributed by atoms with Crippen molar-refractivity contribution >= 4 is 23.4 Å². The molecule has 9 heteroatoms. The fourth-order valence-corrected chi connectivity index (χ4v) is 3.50. The van der Waals surface area contributed by atoms with E-state index in [0.29, 0.717) is 30.3 Å². The Morgan fingerprint density at radius 2 is 1.90 bits per heavy atom. The lowest BCUT2D eigenvalue weighted by molar-refractivity contribution is -0.169. The van der Waals surface area contributed by atoms with E-state index in [2.05, 4.69) is 24.9 Å². The molecule has 0 radical (unpaired) electrons. The molecule has 2 aliphatic rings. The first-order valence-electron chi connectivity index (χ1n) is 9.43. The predicted octanol–water partition coefficient (Wildman–Crippen LogP) is 1.86. The second-order valence-corrected chi connectivity index (χ2v) is 6.88. The summed E-state index contributed by atoms with van der Waals surface area (Å²) in [5.41, 5.74) is 1.01. The highest BCUT2D eigenvalue weighted by Gasteiger charge is 2.40. The number of amides is 1. The maximum atomic E-state index is 12.4. The summed E-state index contributed by atoms with van der Waals surface area (Å²) in [6, 6.07) is 6.50. The molecular formula is C20H22N4O5. The number of carbonyl (C=O) groups excluding carboxylic acids is 2. The van der Waals surface area contributed by atoms with Crippen molar-refractivity contribution in [2.75, 3.05) is 43.6 Å². The van der Waals surface area contributed by atoms with E-state index in [0.717, 1.165) is 25.9 Å². The van der Waals surface area contributed by atoms with E-state index >= 15 is 0 Å². The van der Waals surface area contributed by atoms with Gasteiger partial charge < -0.3 is 24.4 Å². The molecule has 29 heavy (non-hydrogen) atoms. The van der Waals surface area contributed by atoms with Gasteiger partial charge in [0.15, 0.2) is 5.79 Å². The van der Waals surface area contributed by atoms with Crippen molar-refractivity contribution in [3.05, 3.63) is 47.9 Å². The van der Waals surface area contributed by atoms with Crippen LogP contribution in [-0.2, 0) is 14.2 Å². The number of carbonyl (C=O) groups is 2. The number of methoxy groups -OCH3 is 1. The van der Waals surface area contributed by atoms with E-state index in [-0.39, 0.29) is 5.69 Å². The van der Waals surface area contributed by atoms with E-state index < -0.39 is 17.7 Å². The molecular weight excluding hydrogens is 376 g/mol. The normalized spacial score (nSPS) is 17.9. The van der Waals surface area contributed by atoms with Gasteiger partial charge in [-0.15, -0.1) is 0 Å². The highest BCUT2D eigenvalue weighted by atomic mass is 16.7. The standard InChI is InChI=1S/C20H22N4O5/c1-27-19(26)14-3-2-4-15(11-14)23-18(25)16-12-22-17(13-21-16)24-7-5-20(6-8-24)28-9-10-29-20/h2-4,11-13H,5-10H2,1H3,(H,23,25). The van der Waals surface area contributed by atoms with Crippen molar-refractivity contribution in [1.82, 2.24) is 9.97 Å². The smallest absolute Gasteiger partial charge is 0.337 e. The van der Waals surface area contributed by atoms with Crippen LogP contribution in [0, 0.1) is 0 Å². The Balaban J connectivity index is 1.38. The second kappa shape index (κ2) is 8.14. The van der Waals surface area contributed by atoms with Crippen LogP contribution in [0.3, 0.4) is 0 Å². The van der Waals surface area contributed by atoms with Gasteiger partial charge in [-0.1, -0.05) is 6.07 Å². The minimum Gasteiger partial charge on any atom is -0.465 e. The number of benzene rings is 1. The van der Waals surface area contributed by atoms with Crippen LogP contribution in [0.5, 0.6) is 0 Å². The van der Waals surface area contributed by atoms with Crippen LogP contribution < -0.4 is 10.2 Å². The number of nitrogens with one attached hydrogen (secondary N) is 1. The zero-order valence-corrected chi connectivity index (χ0v) is 16.1. The second-order valence-electron chi connectivity index (χ2n) is 6.88. The van der Waals surface area contributed by atoms with Crippen LogP contribution in [0.15, 0.2) is 36.7 Å². The molecule has 1 N–H and O–H groups in total. The molecule has 2 saturated heterocycles. The number of piperidine rings is 1. The lowest BCUT2D eigenvalue weighted by Gasteiger charge is -2.37. The van der Waals surface area contributed by atoms with Crippen molar-refractivity contribution in [2.45, 2.75) is 18.6 Å². The Hall–Kier alpha value is -3.04. The predicted molar refractivity (Wildman–Crippen MR) is 104 cm³/mol. The SMILES string of the molecule is COC(=O)c1cccc(NC(=O)c2cnc(N3CCC4(CC3)OCCO4)cn2)c1. The Labute approximate surface area is 168 Å². The van der Waals surface area contributed by atoms with E-state index in [9.17, 15) is 9.59 Å². The Morgan fingerprint density at radius 3 is 2.55 bits per heavy atom. The summed E-state index contributed by atoms with van der Waals surface area (Å²) in [4.78, 5) is 34.8. The number of hydrogen-bond donors (Lipinski definition) is 1. The molecule has 2 aliphatic heterocycles. The number of hydrogen-bond acceptors (Lipinski definition) is 8. The maximum absolute atomic E-state index is 12.4. The van der Waals surface area contributed by atoms with Crippen molar-refractivity contribution < 1.29 is 23.8 Å². The molecule has 9 nitrogen and oxygen atoms in total. The monoisotopic (exact) mass is 398 g/mol. The molecule has 152 valence electrons. The first-order chi connectivity index (χ1) is 14.1. The molecule has 1 spiro atoms. The van der Waals surface area contributed by atoms with Crippen molar-refractivity contribution in [2.24, 2.45) is 0 Å². The van der Waals surface area contributed by atoms with Crippen molar-refractivity contribution in [3.63, 3.8) is 0 Å². The Morgan fingerprint density at radius 1 is 1.14 bits per heavy atom. The molecule has 0 atom stereocenters. The van der Waals surface area contributed by atoms with Gasteiger partial charge in [-0.3, -0.25) is 4.79 Å². The van der Waals surface area contributed by atoms with Crippen LogP contribution in [0.2, 0.25) is 0 Å². The number of rotatable bonds is 4. The molecule has 1 amide bonds. The van der Waals surface area contributed by atoms with E-state index in [1.165, 1.54) is 13.3 Å². The molecule has 3 heterocycles. The summed E-state index contributed by atoms with van der Waals surface area (Å²) >= 11 is 0. The molecule has 0 unspecified atom stereocenters.